The topological polar surface area (TPSA) is 71.1 Å². The number of carbonyl (C=O) groups is 2. The average molecular weight is 290 g/mol. The van der Waals surface area contributed by atoms with Crippen LogP contribution in [0.25, 0.3) is 0 Å². The van der Waals surface area contributed by atoms with Crippen LogP contribution in [0, 0.1) is 0 Å². The molecule has 0 saturated heterocycles. The molecule has 0 aliphatic rings. The molecule has 0 aromatic carbocycles. The van der Waals surface area contributed by atoms with Crippen molar-refractivity contribution < 1.29 is 28.5 Å². The molecule has 118 valence electrons. The van der Waals surface area contributed by atoms with Gasteiger partial charge in [0, 0.05) is 13.2 Å². The highest BCUT2D eigenvalue weighted by Crippen LogP contribution is 2.12. The molecule has 0 aromatic rings. The number of hydrogen-bond donors (Lipinski definition) is 0. The maximum Gasteiger partial charge on any atom is 0.338 e. The van der Waals surface area contributed by atoms with Gasteiger partial charge in [0.25, 0.3) is 0 Å². The van der Waals surface area contributed by atoms with Gasteiger partial charge in [-0.25, -0.2) is 9.59 Å². The molecular weight excluding hydrogens is 264 g/mol. The van der Waals surface area contributed by atoms with Crippen LogP contribution in [0.15, 0.2) is 0 Å². The summed E-state index contributed by atoms with van der Waals surface area (Å²) in [7, 11) is 0. The summed E-state index contributed by atoms with van der Waals surface area (Å²) in [5.41, 5.74) is 0. The lowest BCUT2D eigenvalue weighted by Gasteiger charge is -2.25. The summed E-state index contributed by atoms with van der Waals surface area (Å²) in [5, 5.41) is 0. The van der Waals surface area contributed by atoms with Crippen molar-refractivity contribution in [3.63, 3.8) is 0 Å². The third kappa shape index (κ3) is 6.86. The van der Waals surface area contributed by atoms with E-state index in [9.17, 15) is 9.59 Å². The Hall–Kier alpha value is -1.14. The lowest BCUT2D eigenvalue weighted by Crippen LogP contribution is -2.46. The quantitative estimate of drug-likeness (QED) is 0.602. The maximum atomic E-state index is 12.0. The fourth-order valence-electron chi connectivity index (χ4n) is 1.52. The molecule has 6 heteroatoms. The van der Waals surface area contributed by atoms with Gasteiger partial charge in [0.15, 0.2) is 12.2 Å². The molecule has 2 unspecified atom stereocenters. The Kier molecular flexibility index (Phi) is 9.16. The van der Waals surface area contributed by atoms with Crippen molar-refractivity contribution in [2.24, 2.45) is 0 Å². The van der Waals surface area contributed by atoms with Crippen molar-refractivity contribution in [1.82, 2.24) is 0 Å². The van der Waals surface area contributed by atoms with Gasteiger partial charge >= 0.3 is 11.9 Å². The first-order chi connectivity index (χ1) is 9.33. The third-order valence-electron chi connectivity index (χ3n) is 2.14. The number of rotatable bonds is 9. The van der Waals surface area contributed by atoms with E-state index < -0.39 is 24.1 Å². The predicted molar refractivity (Wildman–Crippen MR) is 73.3 cm³/mol. The third-order valence-corrected chi connectivity index (χ3v) is 2.14. The number of carbonyl (C=O) groups excluding carboxylic acids is 2. The second-order valence-corrected chi connectivity index (χ2v) is 4.72. The normalized spacial score (nSPS) is 14.2. The van der Waals surface area contributed by atoms with Gasteiger partial charge in [-0.05, 0) is 41.5 Å². The van der Waals surface area contributed by atoms with Gasteiger partial charge in [0.2, 0.25) is 0 Å². The van der Waals surface area contributed by atoms with Crippen LogP contribution in [0.3, 0.4) is 0 Å². The first-order valence-electron chi connectivity index (χ1n) is 6.97. The molecule has 20 heavy (non-hydrogen) atoms. The van der Waals surface area contributed by atoms with Crippen LogP contribution in [0.1, 0.15) is 41.5 Å². The molecule has 0 amide bonds. The van der Waals surface area contributed by atoms with Crippen LogP contribution in [0.4, 0.5) is 0 Å². The SMILES string of the molecule is CCOC(C(=O)OC(C)C)C(OCC)C(=O)OC(C)C. The van der Waals surface area contributed by atoms with Crippen molar-refractivity contribution in [2.45, 2.75) is 66.0 Å². The van der Waals surface area contributed by atoms with E-state index in [0.717, 1.165) is 0 Å². The van der Waals surface area contributed by atoms with Crippen LogP contribution in [0.5, 0.6) is 0 Å². The lowest BCUT2D eigenvalue weighted by molar-refractivity contribution is -0.186. The number of esters is 2. The van der Waals surface area contributed by atoms with Crippen molar-refractivity contribution in [3.8, 4) is 0 Å². The summed E-state index contributed by atoms with van der Waals surface area (Å²) in [4.78, 5) is 24.0. The highest BCUT2D eigenvalue weighted by atomic mass is 16.6. The lowest BCUT2D eigenvalue weighted by atomic mass is 10.2. The number of ether oxygens (including phenoxy) is 4. The van der Waals surface area contributed by atoms with Crippen LogP contribution in [-0.4, -0.2) is 49.6 Å². The Balaban J connectivity index is 5.01. The highest BCUT2D eigenvalue weighted by Gasteiger charge is 2.38. The first kappa shape index (κ1) is 18.9. The van der Waals surface area contributed by atoms with Gasteiger partial charge in [-0.2, -0.15) is 0 Å². The molecule has 0 N–H and O–H groups in total. The van der Waals surface area contributed by atoms with Crippen molar-refractivity contribution in [2.75, 3.05) is 13.2 Å². The fraction of sp³-hybridized carbons (Fsp3) is 0.857. The monoisotopic (exact) mass is 290 g/mol. The Morgan fingerprint density at radius 1 is 0.750 bits per heavy atom. The Morgan fingerprint density at radius 2 is 1.05 bits per heavy atom. The second kappa shape index (κ2) is 9.72. The molecule has 0 spiro atoms. The van der Waals surface area contributed by atoms with E-state index in [1.165, 1.54) is 0 Å². The molecule has 2 atom stereocenters. The Bertz CT molecular complexity index is 270. The minimum atomic E-state index is -1.12. The highest BCUT2D eigenvalue weighted by molar-refractivity contribution is 5.85. The van der Waals surface area contributed by atoms with Gasteiger partial charge in [-0.1, -0.05) is 0 Å². The standard InChI is InChI=1S/C14H26O6/c1-7-17-11(13(15)19-9(3)4)12(18-8-2)14(16)20-10(5)6/h9-12H,7-8H2,1-6H3. The molecular formula is C14H26O6. The van der Waals surface area contributed by atoms with Crippen LogP contribution < -0.4 is 0 Å². The molecule has 0 rings (SSSR count). The molecule has 0 aromatic heterocycles. The summed E-state index contributed by atoms with van der Waals surface area (Å²) < 4.78 is 20.8. The van der Waals surface area contributed by atoms with Crippen LogP contribution in [0.2, 0.25) is 0 Å². The zero-order chi connectivity index (χ0) is 15.7. The Morgan fingerprint density at radius 3 is 1.25 bits per heavy atom. The van der Waals surface area contributed by atoms with E-state index >= 15 is 0 Å². The Labute approximate surface area is 120 Å². The molecule has 0 aliphatic carbocycles. The van der Waals surface area contributed by atoms with Gasteiger partial charge in [-0.15, -0.1) is 0 Å². The second-order valence-electron chi connectivity index (χ2n) is 4.72. The van der Waals surface area contributed by atoms with E-state index in [1.54, 1.807) is 41.5 Å². The number of hydrogen-bond acceptors (Lipinski definition) is 6. The first-order valence-corrected chi connectivity index (χ1v) is 6.97. The van der Waals surface area contributed by atoms with Crippen molar-refractivity contribution in [3.05, 3.63) is 0 Å². The zero-order valence-electron chi connectivity index (χ0n) is 13.2. The van der Waals surface area contributed by atoms with E-state index in [0.29, 0.717) is 0 Å². The summed E-state index contributed by atoms with van der Waals surface area (Å²) in [6.07, 6.45) is -2.83. The summed E-state index contributed by atoms with van der Waals surface area (Å²) in [6, 6.07) is 0. The van der Waals surface area contributed by atoms with Crippen molar-refractivity contribution >= 4 is 11.9 Å². The summed E-state index contributed by atoms with van der Waals surface area (Å²) >= 11 is 0. The zero-order valence-corrected chi connectivity index (χ0v) is 13.2. The van der Waals surface area contributed by atoms with E-state index in [-0.39, 0.29) is 25.4 Å². The molecule has 0 saturated carbocycles. The summed E-state index contributed by atoms with van der Waals surface area (Å²) in [5.74, 6) is -1.25. The molecule has 6 nitrogen and oxygen atoms in total. The van der Waals surface area contributed by atoms with Gasteiger partial charge in [-0.3, -0.25) is 0 Å². The predicted octanol–water partition coefficient (Wildman–Crippen LogP) is 1.70. The van der Waals surface area contributed by atoms with E-state index in [4.69, 9.17) is 18.9 Å². The average Bonchev–Trinajstić information content (AvgIpc) is 2.31. The minimum Gasteiger partial charge on any atom is -0.461 e. The molecule has 0 bridgehead atoms. The molecule has 0 heterocycles. The minimum absolute atomic E-state index is 0.260. The smallest absolute Gasteiger partial charge is 0.338 e. The molecule has 0 radical (unpaired) electrons. The summed E-state index contributed by atoms with van der Waals surface area (Å²) in [6.45, 7) is 10.9. The van der Waals surface area contributed by atoms with Crippen molar-refractivity contribution in [1.29, 1.82) is 0 Å². The maximum absolute atomic E-state index is 12.0. The van der Waals surface area contributed by atoms with Gasteiger partial charge < -0.3 is 18.9 Å². The van der Waals surface area contributed by atoms with Gasteiger partial charge in [0.1, 0.15) is 0 Å². The fourth-order valence-corrected chi connectivity index (χ4v) is 1.52. The largest absolute Gasteiger partial charge is 0.461 e. The van der Waals surface area contributed by atoms with Crippen LogP contribution >= 0.6 is 0 Å². The van der Waals surface area contributed by atoms with E-state index in [2.05, 4.69) is 0 Å². The molecule has 0 fully saturated rings. The van der Waals surface area contributed by atoms with Crippen LogP contribution in [-0.2, 0) is 28.5 Å². The van der Waals surface area contributed by atoms with E-state index in [1.807, 2.05) is 0 Å². The van der Waals surface area contributed by atoms with Gasteiger partial charge in [0.05, 0.1) is 12.2 Å². The molecule has 0 aliphatic heterocycles.